The second kappa shape index (κ2) is 6.22. The molecule has 1 saturated carbocycles. The first kappa shape index (κ1) is 13.4. The molecule has 5 heteroatoms. The van der Waals surface area contributed by atoms with E-state index in [0.717, 1.165) is 12.8 Å². The lowest BCUT2D eigenvalue weighted by molar-refractivity contribution is -0.131. The van der Waals surface area contributed by atoms with Gasteiger partial charge in [0, 0.05) is 24.7 Å². The van der Waals surface area contributed by atoms with Gasteiger partial charge in [0.25, 0.3) is 0 Å². The quantitative estimate of drug-likeness (QED) is 0.650. The number of carbonyl (C=O) groups excluding carboxylic acids is 2. The van der Waals surface area contributed by atoms with Crippen molar-refractivity contribution < 1.29 is 14.3 Å². The Labute approximate surface area is 112 Å². The number of ether oxygens (including phenoxy) is 1. The molecule has 2 rings (SSSR count). The Morgan fingerprint density at radius 3 is 2.68 bits per heavy atom. The summed E-state index contributed by atoms with van der Waals surface area (Å²) in [4.78, 5) is 22.6. The molecular weight excluding hydrogens is 244 g/mol. The van der Waals surface area contributed by atoms with Crippen LogP contribution in [0.25, 0.3) is 0 Å². The van der Waals surface area contributed by atoms with Crippen LogP contribution in [-0.4, -0.2) is 18.0 Å². The number of amides is 2. The molecule has 0 unspecified atom stereocenters. The third-order valence-corrected chi connectivity index (χ3v) is 3.04. The van der Waals surface area contributed by atoms with Gasteiger partial charge in [-0.3, -0.25) is 4.79 Å². The summed E-state index contributed by atoms with van der Waals surface area (Å²) in [5, 5.41) is 5.67. The minimum Gasteiger partial charge on any atom is -0.427 e. The fourth-order valence-electron chi connectivity index (χ4n) is 2.23. The van der Waals surface area contributed by atoms with Gasteiger partial charge in [-0.25, -0.2) is 4.79 Å². The van der Waals surface area contributed by atoms with Crippen LogP contribution in [0.3, 0.4) is 0 Å². The number of urea groups is 1. The largest absolute Gasteiger partial charge is 0.427 e. The van der Waals surface area contributed by atoms with Gasteiger partial charge in [0.05, 0.1) is 0 Å². The molecular formula is C14H18N2O3. The third-order valence-electron chi connectivity index (χ3n) is 3.04. The molecule has 0 bridgehead atoms. The zero-order valence-corrected chi connectivity index (χ0v) is 10.9. The first-order valence-corrected chi connectivity index (χ1v) is 6.49. The number of hydrogen-bond donors (Lipinski definition) is 2. The van der Waals surface area contributed by atoms with E-state index in [1.807, 2.05) is 0 Å². The highest BCUT2D eigenvalue weighted by atomic mass is 16.5. The van der Waals surface area contributed by atoms with Crippen molar-refractivity contribution in [1.29, 1.82) is 0 Å². The van der Waals surface area contributed by atoms with E-state index in [1.54, 1.807) is 24.3 Å². The smallest absolute Gasteiger partial charge is 0.319 e. The summed E-state index contributed by atoms with van der Waals surface area (Å²) >= 11 is 0. The van der Waals surface area contributed by atoms with Crippen LogP contribution in [0.4, 0.5) is 10.5 Å². The number of esters is 1. The van der Waals surface area contributed by atoms with Crippen molar-refractivity contribution in [3.8, 4) is 5.75 Å². The molecule has 1 aliphatic carbocycles. The van der Waals surface area contributed by atoms with Crippen LogP contribution in [0.1, 0.15) is 32.6 Å². The molecule has 1 aliphatic rings. The van der Waals surface area contributed by atoms with Crippen molar-refractivity contribution in [2.45, 2.75) is 38.6 Å². The fourth-order valence-corrected chi connectivity index (χ4v) is 2.23. The fraction of sp³-hybridized carbons (Fsp3) is 0.429. The molecule has 5 nitrogen and oxygen atoms in total. The molecule has 0 aliphatic heterocycles. The molecule has 0 radical (unpaired) electrons. The van der Waals surface area contributed by atoms with Gasteiger partial charge in [0.2, 0.25) is 0 Å². The van der Waals surface area contributed by atoms with E-state index in [1.165, 1.54) is 19.8 Å². The van der Waals surface area contributed by atoms with Gasteiger partial charge in [-0.2, -0.15) is 0 Å². The lowest BCUT2D eigenvalue weighted by Crippen LogP contribution is -2.36. The molecule has 0 atom stereocenters. The van der Waals surface area contributed by atoms with E-state index in [4.69, 9.17) is 4.74 Å². The summed E-state index contributed by atoms with van der Waals surface area (Å²) < 4.78 is 4.96. The summed E-state index contributed by atoms with van der Waals surface area (Å²) in [7, 11) is 0. The summed E-state index contributed by atoms with van der Waals surface area (Å²) in [6.07, 6.45) is 4.43. The first-order valence-electron chi connectivity index (χ1n) is 6.49. The molecule has 19 heavy (non-hydrogen) atoms. The number of rotatable bonds is 3. The highest BCUT2D eigenvalue weighted by Crippen LogP contribution is 2.19. The van der Waals surface area contributed by atoms with Crippen LogP contribution in [0.15, 0.2) is 24.3 Å². The van der Waals surface area contributed by atoms with E-state index in [0.29, 0.717) is 11.4 Å². The van der Waals surface area contributed by atoms with E-state index in [9.17, 15) is 9.59 Å². The lowest BCUT2D eigenvalue weighted by Gasteiger charge is -2.13. The molecule has 0 saturated heterocycles. The number of hydrogen-bond acceptors (Lipinski definition) is 3. The van der Waals surface area contributed by atoms with Crippen molar-refractivity contribution in [3.05, 3.63) is 24.3 Å². The molecule has 1 fully saturated rings. The number of benzene rings is 1. The number of nitrogens with one attached hydrogen (secondary N) is 2. The SMILES string of the molecule is CC(=O)Oc1cccc(NC(=O)NC2CCCC2)c1. The third kappa shape index (κ3) is 4.28. The first-order chi connectivity index (χ1) is 9.13. The molecule has 1 aromatic carbocycles. The summed E-state index contributed by atoms with van der Waals surface area (Å²) in [5.74, 6) is 0.0405. The van der Waals surface area contributed by atoms with E-state index in [-0.39, 0.29) is 18.0 Å². The van der Waals surface area contributed by atoms with Crippen molar-refractivity contribution in [3.63, 3.8) is 0 Å². The maximum absolute atomic E-state index is 11.8. The van der Waals surface area contributed by atoms with Gasteiger partial charge < -0.3 is 15.4 Å². The van der Waals surface area contributed by atoms with Gasteiger partial charge in [0.1, 0.15) is 5.75 Å². The Hall–Kier alpha value is -2.04. The Bertz CT molecular complexity index is 468. The molecule has 2 N–H and O–H groups in total. The maximum Gasteiger partial charge on any atom is 0.319 e. The van der Waals surface area contributed by atoms with E-state index < -0.39 is 0 Å². The topological polar surface area (TPSA) is 67.4 Å². The second-order valence-corrected chi connectivity index (χ2v) is 4.70. The average molecular weight is 262 g/mol. The van der Waals surface area contributed by atoms with E-state index >= 15 is 0 Å². The van der Waals surface area contributed by atoms with Crippen LogP contribution in [0, 0.1) is 0 Å². The summed E-state index contributed by atoms with van der Waals surface area (Å²) in [6, 6.07) is 6.82. The minimum absolute atomic E-state index is 0.216. The van der Waals surface area contributed by atoms with Crippen LogP contribution in [-0.2, 0) is 4.79 Å². The number of anilines is 1. The summed E-state index contributed by atoms with van der Waals surface area (Å²) in [5.41, 5.74) is 0.606. The molecule has 1 aromatic rings. The Kier molecular flexibility index (Phi) is 4.39. The molecule has 0 heterocycles. The van der Waals surface area contributed by atoms with Gasteiger partial charge >= 0.3 is 12.0 Å². The molecule has 0 spiro atoms. The lowest BCUT2D eigenvalue weighted by atomic mass is 10.2. The highest BCUT2D eigenvalue weighted by Gasteiger charge is 2.16. The van der Waals surface area contributed by atoms with Gasteiger partial charge in [-0.05, 0) is 25.0 Å². The molecule has 2 amide bonds. The van der Waals surface area contributed by atoms with Crippen molar-refractivity contribution in [2.75, 3.05) is 5.32 Å². The monoisotopic (exact) mass is 262 g/mol. The Morgan fingerprint density at radius 1 is 1.26 bits per heavy atom. The Morgan fingerprint density at radius 2 is 2.00 bits per heavy atom. The highest BCUT2D eigenvalue weighted by molar-refractivity contribution is 5.89. The summed E-state index contributed by atoms with van der Waals surface area (Å²) in [6.45, 7) is 1.34. The predicted octanol–water partition coefficient (Wildman–Crippen LogP) is 2.68. The van der Waals surface area contributed by atoms with Gasteiger partial charge in [-0.1, -0.05) is 18.9 Å². The zero-order valence-electron chi connectivity index (χ0n) is 10.9. The molecule has 0 aromatic heterocycles. The normalized spacial score (nSPS) is 15.0. The minimum atomic E-state index is -0.382. The van der Waals surface area contributed by atoms with Crippen molar-refractivity contribution in [2.24, 2.45) is 0 Å². The average Bonchev–Trinajstić information content (AvgIpc) is 2.81. The van der Waals surface area contributed by atoms with Crippen molar-refractivity contribution in [1.82, 2.24) is 5.32 Å². The number of carbonyl (C=O) groups is 2. The van der Waals surface area contributed by atoms with Crippen LogP contribution in [0.2, 0.25) is 0 Å². The second-order valence-electron chi connectivity index (χ2n) is 4.70. The van der Waals surface area contributed by atoms with E-state index in [2.05, 4.69) is 10.6 Å². The van der Waals surface area contributed by atoms with Crippen molar-refractivity contribution >= 4 is 17.7 Å². The molecule has 102 valence electrons. The Balaban J connectivity index is 1.90. The van der Waals surface area contributed by atoms with Gasteiger partial charge in [-0.15, -0.1) is 0 Å². The van der Waals surface area contributed by atoms with Crippen LogP contribution < -0.4 is 15.4 Å². The van der Waals surface area contributed by atoms with Gasteiger partial charge in [0.15, 0.2) is 0 Å². The zero-order chi connectivity index (χ0) is 13.7. The maximum atomic E-state index is 11.8. The standard InChI is InChI=1S/C14H18N2O3/c1-10(17)19-13-8-4-7-12(9-13)16-14(18)15-11-5-2-3-6-11/h4,7-9,11H,2-3,5-6H2,1H3,(H2,15,16,18). The van der Waals surface area contributed by atoms with Crippen LogP contribution >= 0.6 is 0 Å². The predicted molar refractivity (Wildman–Crippen MR) is 72.2 cm³/mol. The van der Waals surface area contributed by atoms with Crippen LogP contribution in [0.5, 0.6) is 5.75 Å².